The average molecular weight is 484 g/mol. The van der Waals surface area contributed by atoms with Gasteiger partial charge in [0, 0.05) is 17.6 Å². The molecule has 2 amide bonds. The van der Waals surface area contributed by atoms with Gasteiger partial charge < -0.3 is 9.47 Å². The molecule has 0 aliphatic carbocycles. The predicted molar refractivity (Wildman–Crippen MR) is 111 cm³/mol. The Labute approximate surface area is 175 Å². The number of carbonyl (C=O) groups excluding carboxylic acids is 2. The highest BCUT2D eigenvalue weighted by Gasteiger charge is 2.26. The third-order valence-electron chi connectivity index (χ3n) is 4.26. The first-order valence-corrected chi connectivity index (χ1v) is 12.0. The lowest BCUT2D eigenvalue weighted by atomic mass is 10.3. The van der Waals surface area contributed by atoms with Crippen LogP contribution in [-0.2, 0) is 26.0 Å². The number of rotatable bonds is 5. The number of benzene rings is 1. The van der Waals surface area contributed by atoms with Gasteiger partial charge in [-0.1, -0.05) is 33.2 Å². The fourth-order valence-corrected chi connectivity index (χ4v) is 5.70. The van der Waals surface area contributed by atoms with Crippen LogP contribution in [0.25, 0.3) is 10.2 Å². The number of amides is 2. The lowest BCUT2D eigenvalue weighted by molar-refractivity contribution is -0.127. The molecule has 148 valence electrons. The molecule has 1 saturated heterocycles. The summed E-state index contributed by atoms with van der Waals surface area (Å²) in [5, 5.41) is 0. The van der Waals surface area contributed by atoms with E-state index in [1.54, 1.807) is 4.57 Å². The number of sulfone groups is 1. The van der Waals surface area contributed by atoms with Crippen molar-refractivity contribution in [2.45, 2.75) is 19.4 Å². The number of nitrogens with zero attached hydrogens (tertiary/aromatic N) is 3. The summed E-state index contributed by atoms with van der Waals surface area (Å²) in [5.74, 6) is -0.232. The summed E-state index contributed by atoms with van der Waals surface area (Å²) in [6, 6.07) is 5.58. The van der Waals surface area contributed by atoms with Gasteiger partial charge in [0.05, 0.1) is 16.8 Å². The van der Waals surface area contributed by atoms with E-state index in [2.05, 4.69) is 26.8 Å². The van der Waals surface area contributed by atoms with Crippen LogP contribution in [0.1, 0.15) is 12.8 Å². The molecule has 7 nitrogen and oxygen atoms in total. The fourth-order valence-electron chi connectivity index (χ4n) is 3.00. The van der Waals surface area contributed by atoms with Crippen molar-refractivity contribution in [1.29, 1.82) is 0 Å². The zero-order valence-corrected chi connectivity index (χ0v) is 18.1. The molecule has 1 aliphatic heterocycles. The molecular weight excluding hydrogens is 466 g/mol. The van der Waals surface area contributed by atoms with Crippen molar-refractivity contribution >= 4 is 59.1 Å². The van der Waals surface area contributed by atoms with Crippen LogP contribution in [0.3, 0.4) is 0 Å². The molecule has 1 aromatic carbocycles. The minimum Gasteiger partial charge on any atom is -0.342 e. The van der Waals surface area contributed by atoms with E-state index in [4.69, 9.17) is 6.42 Å². The van der Waals surface area contributed by atoms with Crippen molar-refractivity contribution in [1.82, 2.24) is 9.47 Å². The molecule has 2 aromatic rings. The molecule has 0 saturated carbocycles. The van der Waals surface area contributed by atoms with Gasteiger partial charge in [-0.05, 0) is 31.0 Å². The third-order valence-corrected chi connectivity index (χ3v) is 7.17. The molecule has 10 heteroatoms. The maximum absolute atomic E-state index is 12.3. The standard InChI is InChI=1S/C18H18BrN3O4S2/c1-2-7-22-14-6-5-13(19)10-15(14)27-18(22)20-16(23)11-28(25,26)12-17(24)21-8-3-4-9-21/h1,5-6,10H,3-4,7-9,11-12H2. The minimum absolute atomic E-state index is 0.202. The van der Waals surface area contributed by atoms with E-state index in [1.165, 1.54) is 16.2 Å². The Morgan fingerprint density at radius 3 is 2.64 bits per heavy atom. The Morgan fingerprint density at radius 2 is 1.96 bits per heavy atom. The summed E-state index contributed by atoms with van der Waals surface area (Å²) in [4.78, 5) is 30.2. The van der Waals surface area contributed by atoms with E-state index < -0.39 is 33.2 Å². The summed E-state index contributed by atoms with van der Waals surface area (Å²) in [6.07, 6.45) is 7.16. The zero-order chi connectivity index (χ0) is 20.3. The van der Waals surface area contributed by atoms with Gasteiger partial charge >= 0.3 is 0 Å². The van der Waals surface area contributed by atoms with Gasteiger partial charge in [0.1, 0.15) is 11.5 Å². The van der Waals surface area contributed by atoms with Gasteiger partial charge in [-0.2, -0.15) is 4.99 Å². The van der Waals surface area contributed by atoms with E-state index in [9.17, 15) is 18.0 Å². The van der Waals surface area contributed by atoms with Gasteiger partial charge in [-0.15, -0.1) is 6.42 Å². The zero-order valence-electron chi connectivity index (χ0n) is 14.9. The number of aromatic nitrogens is 1. The summed E-state index contributed by atoms with van der Waals surface area (Å²) in [6.45, 7) is 1.33. The van der Waals surface area contributed by atoms with Crippen LogP contribution in [0.4, 0.5) is 0 Å². The molecule has 1 aromatic heterocycles. The molecule has 1 fully saturated rings. The monoisotopic (exact) mass is 483 g/mol. The highest BCUT2D eigenvalue weighted by Crippen LogP contribution is 2.22. The Morgan fingerprint density at radius 1 is 1.25 bits per heavy atom. The van der Waals surface area contributed by atoms with Crippen molar-refractivity contribution in [3.05, 3.63) is 27.5 Å². The van der Waals surface area contributed by atoms with E-state index in [0.717, 1.165) is 27.5 Å². The van der Waals surface area contributed by atoms with Crippen LogP contribution >= 0.6 is 27.3 Å². The van der Waals surface area contributed by atoms with Gasteiger partial charge in [0.15, 0.2) is 14.6 Å². The van der Waals surface area contributed by atoms with Crippen LogP contribution in [0.5, 0.6) is 0 Å². The first kappa shape index (κ1) is 20.8. The largest absolute Gasteiger partial charge is 0.342 e. The van der Waals surface area contributed by atoms with Gasteiger partial charge in [-0.25, -0.2) is 8.42 Å². The first-order chi connectivity index (χ1) is 13.3. The Hall–Kier alpha value is -1.96. The summed E-state index contributed by atoms with van der Waals surface area (Å²) in [7, 11) is -3.89. The molecule has 0 radical (unpaired) electrons. The first-order valence-electron chi connectivity index (χ1n) is 8.57. The van der Waals surface area contributed by atoms with Crippen molar-refractivity contribution in [2.24, 2.45) is 4.99 Å². The van der Waals surface area contributed by atoms with Crippen molar-refractivity contribution in [3.8, 4) is 12.3 Å². The lowest BCUT2D eigenvalue weighted by Crippen LogP contribution is -2.35. The van der Waals surface area contributed by atoms with E-state index in [-0.39, 0.29) is 6.54 Å². The second-order valence-corrected chi connectivity index (χ2v) is 10.4. The van der Waals surface area contributed by atoms with Crippen molar-refractivity contribution in [3.63, 3.8) is 0 Å². The van der Waals surface area contributed by atoms with Crippen LogP contribution in [0.2, 0.25) is 0 Å². The quantitative estimate of drug-likeness (QED) is 0.603. The number of hydrogen-bond donors (Lipinski definition) is 0. The maximum atomic E-state index is 12.3. The third kappa shape index (κ3) is 4.90. The topological polar surface area (TPSA) is 88.8 Å². The molecule has 0 unspecified atom stereocenters. The summed E-state index contributed by atoms with van der Waals surface area (Å²) < 4.78 is 27.9. The molecule has 0 N–H and O–H groups in total. The Bertz CT molecular complexity index is 1140. The molecule has 0 atom stereocenters. The molecule has 0 bridgehead atoms. The van der Waals surface area contributed by atoms with Crippen molar-refractivity contribution in [2.75, 3.05) is 24.6 Å². The highest BCUT2D eigenvalue weighted by molar-refractivity contribution is 9.10. The number of likely N-dealkylation sites (tertiary alicyclic amines) is 1. The smallest absolute Gasteiger partial charge is 0.263 e. The van der Waals surface area contributed by atoms with Gasteiger partial charge in [0.25, 0.3) is 5.91 Å². The molecule has 3 rings (SSSR count). The molecule has 2 heterocycles. The van der Waals surface area contributed by atoms with Gasteiger partial charge in [-0.3, -0.25) is 9.59 Å². The number of carbonyl (C=O) groups is 2. The second-order valence-electron chi connectivity index (χ2n) is 6.41. The molecule has 0 spiro atoms. The molecule has 1 aliphatic rings. The number of fused-ring (bicyclic) bond motifs is 1. The number of thiazole rings is 1. The van der Waals surface area contributed by atoms with Crippen molar-refractivity contribution < 1.29 is 18.0 Å². The highest BCUT2D eigenvalue weighted by atomic mass is 79.9. The summed E-state index contributed by atoms with van der Waals surface area (Å²) in [5.41, 5.74) is 0.810. The van der Waals surface area contributed by atoms with E-state index in [1.807, 2.05) is 18.2 Å². The number of halogens is 1. The normalized spacial score (nSPS) is 15.1. The fraction of sp³-hybridized carbons (Fsp3) is 0.389. The minimum atomic E-state index is -3.89. The van der Waals surface area contributed by atoms with E-state index in [0.29, 0.717) is 17.9 Å². The lowest BCUT2D eigenvalue weighted by Gasteiger charge is -2.14. The van der Waals surface area contributed by atoms with Crippen LogP contribution in [0.15, 0.2) is 27.7 Å². The Balaban J connectivity index is 1.82. The predicted octanol–water partition coefficient (Wildman–Crippen LogP) is 1.56. The van der Waals surface area contributed by atoms with Crippen LogP contribution < -0.4 is 4.80 Å². The maximum Gasteiger partial charge on any atom is 0.263 e. The number of hydrogen-bond acceptors (Lipinski definition) is 5. The molecular formula is C18H18BrN3O4S2. The van der Waals surface area contributed by atoms with Crippen LogP contribution in [-0.4, -0.2) is 54.3 Å². The average Bonchev–Trinajstić information content (AvgIpc) is 3.23. The van der Waals surface area contributed by atoms with Gasteiger partial charge in [0.2, 0.25) is 5.91 Å². The number of terminal acetylenes is 1. The molecule has 28 heavy (non-hydrogen) atoms. The van der Waals surface area contributed by atoms with E-state index >= 15 is 0 Å². The van der Waals surface area contributed by atoms with Crippen LogP contribution in [0, 0.1) is 12.3 Å². The second kappa shape index (κ2) is 8.59. The summed E-state index contributed by atoms with van der Waals surface area (Å²) >= 11 is 4.64. The Kier molecular flexibility index (Phi) is 6.37. The SMILES string of the molecule is C#CCn1c(=NC(=O)CS(=O)(=O)CC(=O)N2CCCC2)sc2cc(Br)ccc21.